The minimum Gasteiger partial charge on any atom is -0.493 e. The Bertz CT molecular complexity index is 571. The van der Waals surface area contributed by atoms with Crippen LogP contribution in [0.2, 0.25) is 5.02 Å². The first-order valence-electron chi connectivity index (χ1n) is 6.05. The molecule has 0 aliphatic carbocycles. The van der Waals surface area contributed by atoms with Crippen molar-refractivity contribution in [3.8, 4) is 11.5 Å². The number of ether oxygens (including phenoxy) is 2. The van der Waals surface area contributed by atoms with Crippen LogP contribution in [0.3, 0.4) is 0 Å². The molecular formula is C14H16ClNO5. The molecule has 0 bridgehead atoms. The Morgan fingerprint density at radius 2 is 2.14 bits per heavy atom. The number of hydrogen-bond acceptors (Lipinski definition) is 4. The molecule has 0 fully saturated rings. The van der Waals surface area contributed by atoms with Gasteiger partial charge < -0.3 is 20.3 Å². The SMILES string of the molecule is COc1cc(/C=C/C(=O)O)cc(Cl)c1OCC(C)C(N)=O. The molecule has 0 aliphatic rings. The summed E-state index contributed by atoms with van der Waals surface area (Å²) in [5.74, 6) is -1.41. The van der Waals surface area contributed by atoms with Crippen LogP contribution in [-0.4, -0.2) is 30.7 Å². The van der Waals surface area contributed by atoms with Gasteiger partial charge in [0.05, 0.1) is 24.7 Å². The molecule has 0 saturated carbocycles. The number of halogens is 1. The van der Waals surface area contributed by atoms with E-state index in [0.717, 1.165) is 6.08 Å². The van der Waals surface area contributed by atoms with Crippen molar-refractivity contribution >= 4 is 29.6 Å². The molecule has 0 saturated heterocycles. The molecule has 3 N–H and O–H groups in total. The lowest BCUT2D eigenvalue weighted by molar-refractivity contribution is -0.131. The number of carboxylic acid groups (broad SMARTS) is 1. The molecular weight excluding hydrogens is 298 g/mol. The highest BCUT2D eigenvalue weighted by molar-refractivity contribution is 6.32. The lowest BCUT2D eigenvalue weighted by Crippen LogP contribution is -2.25. The van der Waals surface area contributed by atoms with Gasteiger partial charge >= 0.3 is 5.97 Å². The van der Waals surface area contributed by atoms with E-state index in [0.29, 0.717) is 11.3 Å². The van der Waals surface area contributed by atoms with E-state index in [2.05, 4.69) is 0 Å². The average molecular weight is 314 g/mol. The Morgan fingerprint density at radius 3 is 2.67 bits per heavy atom. The van der Waals surface area contributed by atoms with Crippen LogP contribution in [0.4, 0.5) is 0 Å². The van der Waals surface area contributed by atoms with Crippen LogP contribution in [0.15, 0.2) is 18.2 Å². The maximum Gasteiger partial charge on any atom is 0.328 e. The molecule has 0 heterocycles. The second-order valence-electron chi connectivity index (χ2n) is 4.32. The molecule has 0 aromatic heterocycles. The number of methoxy groups -OCH3 is 1. The Morgan fingerprint density at radius 1 is 1.48 bits per heavy atom. The predicted octanol–water partition coefficient (Wildman–Crippen LogP) is 1.95. The third-order valence-corrected chi connectivity index (χ3v) is 2.91. The van der Waals surface area contributed by atoms with Crippen LogP contribution < -0.4 is 15.2 Å². The zero-order chi connectivity index (χ0) is 16.0. The van der Waals surface area contributed by atoms with E-state index in [1.54, 1.807) is 13.0 Å². The Hall–Kier alpha value is -2.21. The van der Waals surface area contributed by atoms with Gasteiger partial charge in [-0.05, 0) is 23.8 Å². The average Bonchev–Trinajstić information content (AvgIpc) is 2.42. The number of carboxylic acids is 1. The Kier molecular flexibility index (Phi) is 6.05. The van der Waals surface area contributed by atoms with Gasteiger partial charge in [0.25, 0.3) is 0 Å². The number of primary amides is 1. The number of amides is 1. The van der Waals surface area contributed by atoms with Crippen LogP contribution >= 0.6 is 11.6 Å². The van der Waals surface area contributed by atoms with Gasteiger partial charge in [-0.15, -0.1) is 0 Å². The molecule has 1 unspecified atom stereocenters. The van der Waals surface area contributed by atoms with Gasteiger partial charge in [-0.3, -0.25) is 4.79 Å². The molecule has 1 aromatic carbocycles. The van der Waals surface area contributed by atoms with Crippen LogP contribution in [0.5, 0.6) is 11.5 Å². The summed E-state index contributed by atoms with van der Waals surface area (Å²) in [4.78, 5) is 21.5. The molecule has 6 nitrogen and oxygen atoms in total. The fraction of sp³-hybridized carbons (Fsp3) is 0.286. The summed E-state index contributed by atoms with van der Waals surface area (Å²) in [6.07, 6.45) is 2.37. The molecule has 1 rings (SSSR count). The van der Waals surface area contributed by atoms with Gasteiger partial charge in [0, 0.05) is 6.08 Å². The van der Waals surface area contributed by atoms with Crippen molar-refractivity contribution in [2.75, 3.05) is 13.7 Å². The minimum atomic E-state index is -1.07. The summed E-state index contributed by atoms with van der Waals surface area (Å²) >= 11 is 6.09. The number of benzene rings is 1. The van der Waals surface area contributed by atoms with Crippen molar-refractivity contribution in [2.24, 2.45) is 11.7 Å². The summed E-state index contributed by atoms with van der Waals surface area (Å²) in [6, 6.07) is 3.11. The van der Waals surface area contributed by atoms with Crippen LogP contribution in [0.25, 0.3) is 6.08 Å². The minimum absolute atomic E-state index is 0.0652. The van der Waals surface area contributed by atoms with Gasteiger partial charge in [0.2, 0.25) is 5.91 Å². The molecule has 1 amide bonds. The first-order chi connectivity index (χ1) is 9.85. The van der Waals surface area contributed by atoms with Crippen molar-refractivity contribution in [1.29, 1.82) is 0 Å². The summed E-state index contributed by atoms with van der Waals surface area (Å²) in [5, 5.41) is 8.85. The second-order valence-corrected chi connectivity index (χ2v) is 4.73. The predicted molar refractivity (Wildman–Crippen MR) is 78.5 cm³/mol. The van der Waals surface area contributed by atoms with Crippen molar-refractivity contribution in [2.45, 2.75) is 6.92 Å². The van der Waals surface area contributed by atoms with Crippen LogP contribution in [-0.2, 0) is 9.59 Å². The van der Waals surface area contributed by atoms with Crippen LogP contribution in [0.1, 0.15) is 12.5 Å². The maximum atomic E-state index is 11.0. The van der Waals surface area contributed by atoms with Crippen molar-refractivity contribution in [3.05, 3.63) is 28.8 Å². The first-order valence-corrected chi connectivity index (χ1v) is 6.43. The van der Waals surface area contributed by atoms with Crippen molar-refractivity contribution in [3.63, 3.8) is 0 Å². The number of carbonyl (C=O) groups is 2. The molecule has 0 radical (unpaired) electrons. The highest BCUT2D eigenvalue weighted by Crippen LogP contribution is 2.37. The highest BCUT2D eigenvalue weighted by Gasteiger charge is 2.15. The highest BCUT2D eigenvalue weighted by atomic mass is 35.5. The van der Waals surface area contributed by atoms with Crippen LogP contribution in [0, 0.1) is 5.92 Å². The van der Waals surface area contributed by atoms with E-state index in [9.17, 15) is 9.59 Å². The Balaban J connectivity index is 2.99. The lowest BCUT2D eigenvalue weighted by Gasteiger charge is -2.15. The number of hydrogen-bond donors (Lipinski definition) is 2. The molecule has 0 spiro atoms. The molecule has 114 valence electrons. The van der Waals surface area contributed by atoms with E-state index in [1.807, 2.05) is 0 Å². The first kappa shape index (κ1) is 16.8. The second kappa shape index (κ2) is 7.54. The van der Waals surface area contributed by atoms with E-state index in [1.165, 1.54) is 19.3 Å². The monoisotopic (exact) mass is 313 g/mol. The topological polar surface area (TPSA) is 98.8 Å². The van der Waals surface area contributed by atoms with E-state index >= 15 is 0 Å². The summed E-state index contributed by atoms with van der Waals surface area (Å²) in [6.45, 7) is 1.70. The fourth-order valence-corrected chi connectivity index (χ4v) is 1.71. The maximum absolute atomic E-state index is 11.0. The summed E-state index contributed by atoms with van der Waals surface area (Å²) in [7, 11) is 1.43. The van der Waals surface area contributed by atoms with Gasteiger partial charge in [-0.25, -0.2) is 4.79 Å². The van der Waals surface area contributed by atoms with Gasteiger partial charge in [-0.1, -0.05) is 18.5 Å². The van der Waals surface area contributed by atoms with Crippen molar-refractivity contribution < 1.29 is 24.2 Å². The fourth-order valence-electron chi connectivity index (χ4n) is 1.43. The number of aliphatic carboxylic acids is 1. The summed E-state index contributed by atoms with van der Waals surface area (Å²) < 4.78 is 10.6. The quantitative estimate of drug-likeness (QED) is 0.750. The molecule has 7 heteroatoms. The molecule has 21 heavy (non-hydrogen) atoms. The van der Waals surface area contributed by atoms with E-state index in [-0.39, 0.29) is 17.4 Å². The third kappa shape index (κ3) is 5.00. The third-order valence-electron chi connectivity index (χ3n) is 2.63. The smallest absolute Gasteiger partial charge is 0.328 e. The van der Waals surface area contributed by atoms with Gasteiger partial charge in [-0.2, -0.15) is 0 Å². The van der Waals surface area contributed by atoms with E-state index in [4.69, 9.17) is 31.9 Å². The molecule has 0 aliphatic heterocycles. The normalized spacial score (nSPS) is 12.1. The Labute approximate surface area is 127 Å². The van der Waals surface area contributed by atoms with Crippen molar-refractivity contribution in [1.82, 2.24) is 0 Å². The number of nitrogens with two attached hydrogens (primary N) is 1. The molecule has 1 atom stereocenters. The largest absolute Gasteiger partial charge is 0.493 e. The van der Waals surface area contributed by atoms with E-state index < -0.39 is 17.8 Å². The number of rotatable bonds is 7. The summed E-state index contributed by atoms with van der Waals surface area (Å²) in [5.41, 5.74) is 5.70. The van der Waals surface area contributed by atoms with Gasteiger partial charge in [0.1, 0.15) is 0 Å². The standard InChI is InChI=1S/C14H16ClNO5/c1-8(14(16)19)7-21-13-10(15)5-9(3-4-12(17)18)6-11(13)20-2/h3-6,8H,7H2,1-2H3,(H2,16,19)(H,17,18)/b4-3+. The lowest BCUT2D eigenvalue weighted by atomic mass is 10.1. The molecule has 1 aromatic rings. The van der Waals surface area contributed by atoms with Gasteiger partial charge in [0.15, 0.2) is 11.5 Å². The zero-order valence-corrected chi connectivity index (χ0v) is 12.4. The zero-order valence-electron chi connectivity index (χ0n) is 11.6. The number of carbonyl (C=O) groups excluding carboxylic acids is 1.